The molecule has 3 rings (SSSR count). The lowest BCUT2D eigenvalue weighted by atomic mass is 9.95. The molecule has 1 heterocycles. The molecule has 0 bridgehead atoms. The van der Waals surface area contributed by atoms with Crippen molar-refractivity contribution in [2.24, 2.45) is 5.92 Å². The molecule has 1 N–H and O–H groups in total. The maximum absolute atomic E-state index is 9.65. The van der Waals surface area contributed by atoms with E-state index < -0.39 is 0 Å². The van der Waals surface area contributed by atoms with Crippen molar-refractivity contribution in [1.82, 2.24) is 4.98 Å². The molecule has 2 aliphatic rings. The molecule has 2 nitrogen and oxygen atoms in total. The second-order valence-corrected chi connectivity index (χ2v) is 4.31. The lowest BCUT2D eigenvalue weighted by Crippen LogP contribution is -2.06. The van der Waals surface area contributed by atoms with Crippen molar-refractivity contribution < 1.29 is 5.11 Å². The van der Waals surface area contributed by atoms with Crippen LogP contribution in [0.2, 0.25) is 0 Å². The minimum absolute atomic E-state index is 0.0554. The normalized spacial score (nSPS) is 41.6. The molecule has 2 aliphatic carbocycles. The number of rotatable bonds is 1. The fraction of sp³-hybridized carbons (Fsp3) is 0.545. The van der Waals surface area contributed by atoms with Gasteiger partial charge in [0, 0.05) is 17.8 Å². The van der Waals surface area contributed by atoms with Crippen LogP contribution in [0.4, 0.5) is 0 Å². The number of aliphatic hydroxyl groups is 1. The second kappa shape index (κ2) is 2.32. The molecule has 2 fully saturated rings. The van der Waals surface area contributed by atoms with Crippen molar-refractivity contribution in [3.63, 3.8) is 0 Å². The highest BCUT2D eigenvalue weighted by atomic mass is 16.3. The highest BCUT2D eigenvalue weighted by molar-refractivity contribution is 5.34. The molecule has 0 spiro atoms. The van der Waals surface area contributed by atoms with Crippen molar-refractivity contribution in [3.05, 3.63) is 30.1 Å². The SMILES string of the molecule is O[C@@H]1CC[C@]2(c3cccnc3)C[C@H]12. The van der Waals surface area contributed by atoms with E-state index in [0.29, 0.717) is 11.3 Å². The molecular weight excluding hydrogens is 162 g/mol. The Labute approximate surface area is 77.6 Å². The molecule has 0 radical (unpaired) electrons. The lowest BCUT2D eigenvalue weighted by Gasteiger charge is -2.10. The predicted molar refractivity (Wildman–Crippen MR) is 49.3 cm³/mol. The molecule has 3 atom stereocenters. The summed E-state index contributed by atoms with van der Waals surface area (Å²) in [5.41, 5.74) is 1.64. The molecule has 1 aromatic heterocycles. The summed E-state index contributed by atoms with van der Waals surface area (Å²) < 4.78 is 0. The van der Waals surface area contributed by atoms with Crippen LogP contribution in [0.1, 0.15) is 24.8 Å². The third kappa shape index (κ3) is 0.894. The van der Waals surface area contributed by atoms with Gasteiger partial charge in [0.25, 0.3) is 0 Å². The molecule has 0 aliphatic heterocycles. The Hall–Kier alpha value is -0.890. The first kappa shape index (κ1) is 7.51. The van der Waals surface area contributed by atoms with Crippen molar-refractivity contribution in [2.45, 2.75) is 30.8 Å². The first-order valence-corrected chi connectivity index (χ1v) is 4.91. The first-order chi connectivity index (χ1) is 6.33. The summed E-state index contributed by atoms with van der Waals surface area (Å²) in [7, 11) is 0. The van der Waals surface area contributed by atoms with Crippen LogP contribution < -0.4 is 0 Å². The van der Waals surface area contributed by atoms with Gasteiger partial charge in [-0.05, 0) is 36.8 Å². The van der Waals surface area contributed by atoms with Crippen LogP contribution in [-0.4, -0.2) is 16.2 Å². The van der Waals surface area contributed by atoms with E-state index in [1.807, 2.05) is 18.5 Å². The van der Waals surface area contributed by atoms with Crippen molar-refractivity contribution in [3.8, 4) is 0 Å². The van der Waals surface area contributed by atoms with Gasteiger partial charge in [-0.1, -0.05) is 6.07 Å². The zero-order valence-corrected chi connectivity index (χ0v) is 7.48. The van der Waals surface area contributed by atoms with Crippen LogP contribution in [0.25, 0.3) is 0 Å². The first-order valence-electron chi connectivity index (χ1n) is 4.91. The Balaban J connectivity index is 1.96. The topological polar surface area (TPSA) is 33.1 Å². The molecule has 1 aromatic rings. The largest absolute Gasteiger partial charge is 0.393 e. The quantitative estimate of drug-likeness (QED) is 0.701. The Morgan fingerprint density at radius 1 is 1.54 bits per heavy atom. The highest BCUT2D eigenvalue weighted by Crippen LogP contribution is 2.64. The summed E-state index contributed by atoms with van der Waals surface area (Å²) in [4.78, 5) is 4.14. The fourth-order valence-electron chi connectivity index (χ4n) is 2.87. The van der Waals surface area contributed by atoms with Crippen LogP contribution >= 0.6 is 0 Å². The highest BCUT2D eigenvalue weighted by Gasteiger charge is 2.62. The van der Waals surface area contributed by atoms with E-state index in [-0.39, 0.29) is 6.10 Å². The van der Waals surface area contributed by atoms with Gasteiger partial charge in [-0.25, -0.2) is 0 Å². The summed E-state index contributed by atoms with van der Waals surface area (Å²) in [5.74, 6) is 0.525. The number of fused-ring (bicyclic) bond motifs is 1. The van der Waals surface area contributed by atoms with Crippen LogP contribution in [0, 0.1) is 5.92 Å². The van der Waals surface area contributed by atoms with E-state index >= 15 is 0 Å². The van der Waals surface area contributed by atoms with E-state index in [1.54, 1.807) is 0 Å². The van der Waals surface area contributed by atoms with Crippen LogP contribution in [-0.2, 0) is 5.41 Å². The molecule has 0 saturated heterocycles. The Bertz CT molecular complexity index is 324. The standard InChI is InChI=1S/C11H13NO/c13-10-3-4-11(6-9(10)11)8-2-1-5-12-7-8/h1-2,5,7,9-10,13H,3-4,6H2/t9-,10-,11-/m1/s1. The van der Waals surface area contributed by atoms with Gasteiger partial charge in [-0.15, -0.1) is 0 Å². The monoisotopic (exact) mass is 175 g/mol. The minimum Gasteiger partial charge on any atom is -0.393 e. The van der Waals surface area contributed by atoms with Crippen molar-refractivity contribution in [2.75, 3.05) is 0 Å². The molecule has 0 unspecified atom stereocenters. The maximum atomic E-state index is 9.65. The van der Waals surface area contributed by atoms with Gasteiger partial charge in [0.1, 0.15) is 0 Å². The van der Waals surface area contributed by atoms with E-state index in [2.05, 4.69) is 11.1 Å². The zero-order valence-electron chi connectivity index (χ0n) is 7.48. The number of aliphatic hydroxyl groups excluding tert-OH is 1. The van der Waals surface area contributed by atoms with Crippen molar-refractivity contribution >= 4 is 0 Å². The Kier molecular flexibility index (Phi) is 1.34. The molecule has 0 amide bonds. The number of aromatic nitrogens is 1. The molecule has 0 aromatic carbocycles. The third-order valence-corrected chi connectivity index (χ3v) is 3.72. The summed E-state index contributed by atoms with van der Waals surface area (Å²) in [6, 6.07) is 4.13. The van der Waals surface area contributed by atoms with Gasteiger partial charge in [-0.3, -0.25) is 4.98 Å². The number of pyridine rings is 1. The van der Waals surface area contributed by atoms with Crippen LogP contribution in [0.3, 0.4) is 0 Å². The molecular formula is C11H13NO. The fourth-order valence-corrected chi connectivity index (χ4v) is 2.87. The Morgan fingerprint density at radius 2 is 2.46 bits per heavy atom. The van der Waals surface area contributed by atoms with Crippen LogP contribution in [0.15, 0.2) is 24.5 Å². The van der Waals surface area contributed by atoms with E-state index in [1.165, 1.54) is 12.0 Å². The van der Waals surface area contributed by atoms with Gasteiger partial charge >= 0.3 is 0 Å². The average Bonchev–Trinajstić information content (AvgIpc) is 2.85. The van der Waals surface area contributed by atoms with Gasteiger partial charge < -0.3 is 5.11 Å². The van der Waals surface area contributed by atoms with Gasteiger partial charge in [-0.2, -0.15) is 0 Å². The van der Waals surface area contributed by atoms with Crippen molar-refractivity contribution in [1.29, 1.82) is 0 Å². The summed E-state index contributed by atoms with van der Waals surface area (Å²) in [6.07, 6.45) is 6.99. The molecule has 13 heavy (non-hydrogen) atoms. The summed E-state index contributed by atoms with van der Waals surface area (Å²) in [5, 5.41) is 9.65. The lowest BCUT2D eigenvalue weighted by molar-refractivity contribution is 0.159. The minimum atomic E-state index is -0.0554. The van der Waals surface area contributed by atoms with E-state index in [4.69, 9.17) is 0 Å². The van der Waals surface area contributed by atoms with Crippen LogP contribution in [0.5, 0.6) is 0 Å². The Morgan fingerprint density at radius 3 is 3.00 bits per heavy atom. The number of nitrogens with zero attached hydrogens (tertiary/aromatic N) is 1. The van der Waals surface area contributed by atoms with E-state index in [0.717, 1.165) is 12.8 Å². The van der Waals surface area contributed by atoms with Gasteiger partial charge in [0.05, 0.1) is 6.10 Å². The zero-order chi connectivity index (χ0) is 8.89. The molecule has 2 heteroatoms. The van der Waals surface area contributed by atoms with E-state index in [9.17, 15) is 5.11 Å². The third-order valence-electron chi connectivity index (χ3n) is 3.72. The molecule has 2 saturated carbocycles. The second-order valence-electron chi connectivity index (χ2n) is 4.31. The number of hydrogen-bond donors (Lipinski definition) is 1. The maximum Gasteiger partial charge on any atom is 0.0577 e. The molecule has 68 valence electrons. The predicted octanol–water partition coefficient (Wildman–Crippen LogP) is 1.49. The number of hydrogen-bond acceptors (Lipinski definition) is 2. The summed E-state index contributed by atoms with van der Waals surface area (Å²) in [6.45, 7) is 0. The smallest absolute Gasteiger partial charge is 0.0577 e. The van der Waals surface area contributed by atoms with Gasteiger partial charge in [0.15, 0.2) is 0 Å². The van der Waals surface area contributed by atoms with Gasteiger partial charge in [0.2, 0.25) is 0 Å². The average molecular weight is 175 g/mol. The summed E-state index contributed by atoms with van der Waals surface area (Å²) >= 11 is 0.